The van der Waals surface area contributed by atoms with Gasteiger partial charge >= 0.3 is 6.03 Å². The summed E-state index contributed by atoms with van der Waals surface area (Å²) in [6.45, 7) is 1.72. The maximum atomic E-state index is 13.1. The van der Waals surface area contributed by atoms with Gasteiger partial charge in [0, 0.05) is 5.69 Å². The Hall–Kier alpha value is -3.12. The number of nitriles is 1. The summed E-state index contributed by atoms with van der Waals surface area (Å²) in [6, 6.07) is 10.8. The minimum Gasteiger partial charge on any atom is -0.331 e. The van der Waals surface area contributed by atoms with Crippen LogP contribution in [0, 0.1) is 17.1 Å². The van der Waals surface area contributed by atoms with Gasteiger partial charge in [-0.15, -0.1) is 0 Å². The third-order valence-electron chi connectivity index (χ3n) is 3.39. The van der Waals surface area contributed by atoms with Gasteiger partial charge in [0.1, 0.15) is 11.9 Å². The summed E-state index contributed by atoms with van der Waals surface area (Å²) in [5.41, 5.74) is 1.25. The second kappa shape index (κ2) is 7.84. The molecule has 7 nitrogen and oxygen atoms in total. The lowest BCUT2D eigenvalue weighted by Crippen LogP contribution is -2.31. The number of carbonyl (C=O) groups is 1. The number of nitrogens with zero attached hydrogens (tertiary/aromatic N) is 1. The zero-order chi connectivity index (χ0) is 19.3. The van der Waals surface area contributed by atoms with Crippen molar-refractivity contribution in [2.24, 2.45) is 0 Å². The maximum Gasteiger partial charge on any atom is 0.319 e. The van der Waals surface area contributed by atoms with Gasteiger partial charge in [-0.3, -0.25) is 4.72 Å². The van der Waals surface area contributed by atoms with Gasteiger partial charge in [-0.1, -0.05) is 12.1 Å². The Labute approximate surface area is 150 Å². The molecule has 2 aromatic carbocycles. The first kappa shape index (κ1) is 19.2. The molecule has 1 unspecified atom stereocenters. The molecule has 2 amide bonds. The first-order valence-corrected chi connectivity index (χ1v) is 9.42. The number of nitrogens with one attached hydrogen (secondary N) is 3. The van der Waals surface area contributed by atoms with Gasteiger partial charge in [0.2, 0.25) is 10.0 Å². The number of sulfonamides is 1. The van der Waals surface area contributed by atoms with E-state index in [-0.39, 0.29) is 11.3 Å². The van der Waals surface area contributed by atoms with E-state index in [1.807, 2.05) is 6.07 Å². The van der Waals surface area contributed by atoms with Crippen LogP contribution < -0.4 is 15.4 Å². The molecule has 0 aliphatic heterocycles. The minimum atomic E-state index is -3.41. The molecule has 1 atom stereocenters. The van der Waals surface area contributed by atoms with Crippen LogP contribution in [0.4, 0.5) is 20.6 Å². The summed E-state index contributed by atoms with van der Waals surface area (Å²) in [4.78, 5) is 12.1. The average molecular weight is 376 g/mol. The highest BCUT2D eigenvalue weighted by atomic mass is 32.2. The Bertz CT molecular complexity index is 970. The molecule has 0 saturated heterocycles. The van der Waals surface area contributed by atoms with E-state index in [1.54, 1.807) is 31.2 Å². The van der Waals surface area contributed by atoms with Gasteiger partial charge in [0.15, 0.2) is 0 Å². The molecule has 0 aliphatic carbocycles. The molecule has 2 rings (SSSR count). The molecule has 0 bridgehead atoms. The fourth-order valence-corrected chi connectivity index (χ4v) is 2.80. The van der Waals surface area contributed by atoms with Crippen LogP contribution in [-0.4, -0.2) is 20.7 Å². The van der Waals surface area contributed by atoms with E-state index in [2.05, 4.69) is 15.4 Å². The molecule has 3 N–H and O–H groups in total. The monoisotopic (exact) mass is 376 g/mol. The molecular weight excluding hydrogens is 359 g/mol. The smallest absolute Gasteiger partial charge is 0.319 e. The van der Waals surface area contributed by atoms with Crippen LogP contribution in [0.15, 0.2) is 42.5 Å². The number of rotatable bonds is 5. The fourth-order valence-electron chi connectivity index (χ4n) is 2.24. The number of urea groups is 1. The molecule has 9 heteroatoms. The Morgan fingerprint density at radius 1 is 1.23 bits per heavy atom. The Morgan fingerprint density at radius 3 is 2.62 bits per heavy atom. The molecule has 0 aliphatic rings. The zero-order valence-corrected chi connectivity index (χ0v) is 14.9. The normalized spacial score (nSPS) is 11.9. The van der Waals surface area contributed by atoms with Crippen molar-refractivity contribution in [3.63, 3.8) is 0 Å². The fraction of sp³-hybridized carbons (Fsp3) is 0.176. The molecule has 0 saturated carbocycles. The summed E-state index contributed by atoms with van der Waals surface area (Å²) in [6.07, 6.45) is 1.05. The average Bonchev–Trinajstić information content (AvgIpc) is 2.55. The molecule has 26 heavy (non-hydrogen) atoms. The lowest BCUT2D eigenvalue weighted by Gasteiger charge is -2.16. The van der Waals surface area contributed by atoms with E-state index < -0.39 is 27.9 Å². The molecule has 0 aromatic heterocycles. The number of hydrogen-bond acceptors (Lipinski definition) is 4. The van der Waals surface area contributed by atoms with Crippen molar-refractivity contribution < 1.29 is 17.6 Å². The standard InChI is InChI=1S/C17H17FN4O3S/c1-11(12-4-3-5-15(9-12)22-26(2,24)25)20-17(23)21-16-7-6-14(18)8-13(16)10-19/h3-9,11,22H,1-2H3,(H2,20,21,23). The number of anilines is 2. The first-order valence-electron chi connectivity index (χ1n) is 7.53. The summed E-state index contributed by atoms with van der Waals surface area (Å²) >= 11 is 0. The number of amides is 2. The van der Waals surface area contributed by atoms with Crippen LogP contribution in [0.3, 0.4) is 0 Å². The zero-order valence-electron chi connectivity index (χ0n) is 14.1. The summed E-state index contributed by atoms with van der Waals surface area (Å²) in [5, 5.41) is 14.2. The van der Waals surface area contributed by atoms with E-state index in [0.29, 0.717) is 11.3 Å². The van der Waals surface area contributed by atoms with Gasteiger partial charge in [0.05, 0.1) is 23.5 Å². The highest BCUT2D eigenvalue weighted by Gasteiger charge is 2.13. The van der Waals surface area contributed by atoms with Gasteiger partial charge in [-0.2, -0.15) is 5.26 Å². The second-order valence-electron chi connectivity index (χ2n) is 5.62. The second-order valence-corrected chi connectivity index (χ2v) is 7.37. The summed E-state index contributed by atoms with van der Waals surface area (Å²) in [7, 11) is -3.41. The lowest BCUT2D eigenvalue weighted by atomic mass is 10.1. The molecule has 136 valence electrons. The molecular formula is C17H17FN4O3S. The predicted octanol–water partition coefficient (Wildman–Crippen LogP) is 2.95. The van der Waals surface area contributed by atoms with E-state index in [1.165, 1.54) is 6.07 Å². The number of hydrogen-bond donors (Lipinski definition) is 3. The molecule has 0 heterocycles. The van der Waals surface area contributed by atoms with Crippen LogP contribution in [0.1, 0.15) is 24.1 Å². The predicted molar refractivity (Wildman–Crippen MR) is 96.6 cm³/mol. The SMILES string of the molecule is CC(NC(=O)Nc1ccc(F)cc1C#N)c1cccc(NS(C)(=O)=O)c1. The molecule has 0 spiro atoms. The van der Waals surface area contributed by atoms with Crippen molar-refractivity contribution in [2.75, 3.05) is 16.3 Å². The Kier molecular flexibility index (Phi) is 5.79. The third-order valence-corrected chi connectivity index (χ3v) is 3.99. The Morgan fingerprint density at radius 2 is 1.96 bits per heavy atom. The quantitative estimate of drug-likeness (QED) is 0.745. The lowest BCUT2D eigenvalue weighted by molar-refractivity contribution is 0.249. The van der Waals surface area contributed by atoms with E-state index in [9.17, 15) is 17.6 Å². The van der Waals surface area contributed by atoms with Gasteiger partial charge in [0.25, 0.3) is 0 Å². The van der Waals surface area contributed by atoms with Crippen LogP contribution in [0.5, 0.6) is 0 Å². The van der Waals surface area contributed by atoms with Crippen molar-refractivity contribution in [3.8, 4) is 6.07 Å². The number of carbonyl (C=O) groups excluding carboxylic acids is 1. The van der Waals surface area contributed by atoms with E-state index in [0.717, 1.165) is 18.4 Å². The topological polar surface area (TPSA) is 111 Å². The van der Waals surface area contributed by atoms with Crippen molar-refractivity contribution in [1.29, 1.82) is 5.26 Å². The summed E-state index contributed by atoms with van der Waals surface area (Å²) in [5.74, 6) is -0.573. The van der Waals surface area contributed by atoms with Crippen molar-refractivity contribution in [1.82, 2.24) is 5.32 Å². The number of benzene rings is 2. The van der Waals surface area contributed by atoms with Gasteiger partial charge in [-0.25, -0.2) is 17.6 Å². The van der Waals surface area contributed by atoms with Crippen LogP contribution in [-0.2, 0) is 10.0 Å². The van der Waals surface area contributed by atoms with Gasteiger partial charge in [-0.05, 0) is 42.8 Å². The number of halogens is 1. The van der Waals surface area contributed by atoms with Crippen LogP contribution >= 0.6 is 0 Å². The Balaban J connectivity index is 2.08. The maximum absolute atomic E-state index is 13.1. The largest absolute Gasteiger partial charge is 0.331 e. The van der Waals surface area contributed by atoms with Crippen molar-refractivity contribution >= 4 is 27.4 Å². The van der Waals surface area contributed by atoms with Crippen LogP contribution in [0.25, 0.3) is 0 Å². The van der Waals surface area contributed by atoms with E-state index in [4.69, 9.17) is 5.26 Å². The van der Waals surface area contributed by atoms with Gasteiger partial charge < -0.3 is 10.6 Å². The van der Waals surface area contributed by atoms with Crippen LogP contribution in [0.2, 0.25) is 0 Å². The van der Waals surface area contributed by atoms with Crippen molar-refractivity contribution in [3.05, 3.63) is 59.4 Å². The third kappa shape index (κ3) is 5.46. The molecule has 2 aromatic rings. The highest BCUT2D eigenvalue weighted by molar-refractivity contribution is 7.92. The van der Waals surface area contributed by atoms with Crippen molar-refractivity contribution in [2.45, 2.75) is 13.0 Å². The van der Waals surface area contributed by atoms with E-state index >= 15 is 0 Å². The minimum absolute atomic E-state index is 0.00662. The molecule has 0 fully saturated rings. The highest BCUT2D eigenvalue weighted by Crippen LogP contribution is 2.19. The molecule has 0 radical (unpaired) electrons. The summed E-state index contributed by atoms with van der Waals surface area (Å²) < 4.78 is 38.1. The first-order chi connectivity index (χ1) is 12.2.